The molecule has 2 unspecified atom stereocenters. The summed E-state index contributed by atoms with van der Waals surface area (Å²) in [4.78, 5) is 27.7. The second-order valence-electron chi connectivity index (χ2n) is 5.26. The molecule has 1 fully saturated rings. The molecule has 1 aliphatic rings. The zero-order valence-corrected chi connectivity index (χ0v) is 11.4. The number of nitro groups is 1. The van der Waals surface area contributed by atoms with Crippen LogP contribution >= 0.6 is 0 Å². The van der Waals surface area contributed by atoms with E-state index in [0.29, 0.717) is 30.3 Å². The quantitative estimate of drug-likeness (QED) is 0.671. The van der Waals surface area contributed by atoms with Gasteiger partial charge in [-0.2, -0.15) is 0 Å². The van der Waals surface area contributed by atoms with Gasteiger partial charge in [-0.15, -0.1) is 0 Å². The molecule has 7 nitrogen and oxygen atoms in total. The van der Waals surface area contributed by atoms with E-state index >= 15 is 0 Å². The number of rotatable bonds is 3. The summed E-state index contributed by atoms with van der Waals surface area (Å²) in [5.41, 5.74) is 0.439. The number of anilines is 1. The molecule has 1 N–H and O–H groups in total. The molecule has 7 heteroatoms. The van der Waals surface area contributed by atoms with Gasteiger partial charge < -0.3 is 10.0 Å². The third-order valence-electron chi connectivity index (χ3n) is 3.70. The summed E-state index contributed by atoms with van der Waals surface area (Å²) in [7, 11) is 0. The fraction of sp³-hybridized carbons (Fsp3) is 0.538. The van der Waals surface area contributed by atoms with Crippen molar-refractivity contribution in [1.29, 1.82) is 0 Å². The van der Waals surface area contributed by atoms with Crippen LogP contribution in [0.2, 0.25) is 0 Å². The van der Waals surface area contributed by atoms with E-state index in [0.717, 1.165) is 6.42 Å². The Kier molecular flexibility index (Phi) is 3.87. The first-order valence-electron chi connectivity index (χ1n) is 6.50. The van der Waals surface area contributed by atoms with E-state index < -0.39 is 16.9 Å². The zero-order chi connectivity index (χ0) is 14.9. The maximum atomic E-state index is 11.4. The van der Waals surface area contributed by atoms with Gasteiger partial charge in [-0.05, 0) is 25.7 Å². The van der Waals surface area contributed by atoms with Gasteiger partial charge >= 0.3 is 5.97 Å². The van der Waals surface area contributed by atoms with Gasteiger partial charge in [-0.1, -0.05) is 6.92 Å². The summed E-state index contributed by atoms with van der Waals surface area (Å²) < 4.78 is 0. The van der Waals surface area contributed by atoms with Crippen LogP contribution in [0.15, 0.2) is 12.3 Å². The number of aromatic nitrogens is 1. The molecule has 0 aromatic carbocycles. The largest absolute Gasteiger partial charge is 0.480 e. The van der Waals surface area contributed by atoms with Crippen molar-refractivity contribution in [3.8, 4) is 0 Å². The lowest BCUT2D eigenvalue weighted by Gasteiger charge is -2.36. The molecule has 108 valence electrons. The van der Waals surface area contributed by atoms with Crippen LogP contribution in [0.1, 0.15) is 25.3 Å². The van der Waals surface area contributed by atoms with Crippen molar-refractivity contribution in [2.24, 2.45) is 5.92 Å². The number of nitrogens with zero attached hydrogens (tertiary/aromatic N) is 3. The highest BCUT2D eigenvalue weighted by Crippen LogP contribution is 2.29. The first-order chi connectivity index (χ1) is 9.40. The molecule has 0 spiro atoms. The van der Waals surface area contributed by atoms with Crippen molar-refractivity contribution >= 4 is 17.5 Å². The fourth-order valence-corrected chi connectivity index (χ4v) is 2.51. The van der Waals surface area contributed by atoms with Crippen molar-refractivity contribution in [1.82, 2.24) is 4.98 Å². The lowest BCUT2D eigenvalue weighted by molar-refractivity contribution is -0.385. The van der Waals surface area contributed by atoms with Gasteiger partial charge in [0.1, 0.15) is 11.9 Å². The van der Waals surface area contributed by atoms with Crippen LogP contribution < -0.4 is 4.90 Å². The summed E-state index contributed by atoms with van der Waals surface area (Å²) in [5, 5.41) is 20.3. The molecule has 0 saturated carbocycles. The summed E-state index contributed by atoms with van der Waals surface area (Å²) in [6, 6.07) is 0.690. The number of hydrogen-bond donors (Lipinski definition) is 1. The lowest BCUT2D eigenvalue weighted by Crippen LogP contribution is -2.47. The Morgan fingerprint density at radius 2 is 2.30 bits per heavy atom. The van der Waals surface area contributed by atoms with E-state index in [4.69, 9.17) is 0 Å². The van der Waals surface area contributed by atoms with Gasteiger partial charge in [0, 0.05) is 18.3 Å². The zero-order valence-electron chi connectivity index (χ0n) is 11.4. The number of pyridine rings is 1. The Balaban J connectivity index is 2.36. The fourth-order valence-electron chi connectivity index (χ4n) is 2.51. The number of hydrogen-bond acceptors (Lipinski definition) is 5. The first-order valence-corrected chi connectivity index (χ1v) is 6.50. The normalized spacial score (nSPS) is 22.6. The van der Waals surface area contributed by atoms with E-state index in [1.54, 1.807) is 11.8 Å². The second kappa shape index (κ2) is 5.44. The Labute approximate surface area is 116 Å². The Hall–Kier alpha value is -2.18. The van der Waals surface area contributed by atoms with Crippen molar-refractivity contribution < 1.29 is 14.8 Å². The Morgan fingerprint density at radius 3 is 2.90 bits per heavy atom. The number of aryl methyl sites for hydroxylation is 1. The molecule has 2 rings (SSSR count). The van der Waals surface area contributed by atoms with Crippen LogP contribution in [0.3, 0.4) is 0 Å². The highest BCUT2D eigenvalue weighted by Gasteiger charge is 2.33. The molecule has 1 aromatic heterocycles. The maximum absolute atomic E-state index is 11.4. The van der Waals surface area contributed by atoms with E-state index in [-0.39, 0.29) is 5.69 Å². The van der Waals surface area contributed by atoms with Gasteiger partial charge in [0.2, 0.25) is 0 Å². The van der Waals surface area contributed by atoms with Gasteiger partial charge in [0.15, 0.2) is 0 Å². The number of carbonyl (C=O) groups is 1. The standard InChI is InChI=1S/C13H17N3O4/c1-8-3-4-15(11(5-8)13(17)18)12-6-10(16(19)20)9(2)7-14-12/h6-8,11H,3-5H2,1-2H3,(H,17,18). The summed E-state index contributed by atoms with van der Waals surface area (Å²) in [6.07, 6.45) is 2.80. The molecular weight excluding hydrogens is 262 g/mol. The molecule has 0 bridgehead atoms. The van der Waals surface area contributed by atoms with Gasteiger partial charge in [-0.3, -0.25) is 10.1 Å². The average Bonchev–Trinajstić information content (AvgIpc) is 2.39. The number of piperidine rings is 1. The van der Waals surface area contributed by atoms with Gasteiger partial charge in [0.05, 0.1) is 11.0 Å². The minimum Gasteiger partial charge on any atom is -0.480 e. The monoisotopic (exact) mass is 279 g/mol. The smallest absolute Gasteiger partial charge is 0.326 e. The van der Waals surface area contributed by atoms with Gasteiger partial charge in [-0.25, -0.2) is 9.78 Å². The molecule has 2 heterocycles. The van der Waals surface area contributed by atoms with Crippen molar-refractivity contribution in [2.45, 2.75) is 32.7 Å². The molecular formula is C13H17N3O4. The average molecular weight is 279 g/mol. The van der Waals surface area contributed by atoms with Crippen LogP contribution in [0.4, 0.5) is 11.5 Å². The molecule has 0 amide bonds. The predicted molar refractivity (Wildman–Crippen MR) is 72.8 cm³/mol. The predicted octanol–water partition coefficient (Wildman–Crippen LogP) is 1.99. The van der Waals surface area contributed by atoms with E-state index in [9.17, 15) is 20.0 Å². The molecule has 1 saturated heterocycles. The highest BCUT2D eigenvalue weighted by molar-refractivity contribution is 5.78. The van der Waals surface area contributed by atoms with E-state index in [1.807, 2.05) is 6.92 Å². The van der Waals surface area contributed by atoms with Crippen LogP contribution in [0.25, 0.3) is 0 Å². The highest BCUT2D eigenvalue weighted by atomic mass is 16.6. The second-order valence-corrected chi connectivity index (χ2v) is 5.26. The van der Waals surface area contributed by atoms with Crippen LogP contribution in [-0.4, -0.2) is 33.6 Å². The van der Waals surface area contributed by atoms with Crippen LogP contribution in [0.5, 0.6) is 0 Å². The first kappa shape index (κ1) is 14.2. The molecule has 0 aliphatic carbocycles. The van der Waals surface area contributed by atoms with Crippen molar-refractivity contribution in [3.05, 3.63) is 27.9 Å². The molecule has 2 atom stereocenters. The SMILES string of the molecule is Cc1cnc(N2CCC(C)CC2C(=O)O)cc1[N+](=O)[O-]. The number of aliphatic carboxylic acids is 1. The Bertz CT molecular complexity index is 546. The minimum absolute atomic E-state index is 0.0299. The van der Waals surface area contributed by atoms with Crippen molar-refractivity contribution in [2.75, 3.05) is 11.4 Å². The van der Waals surface area contributed by atoms with Gasteiger partial charge in [0.25, 0.3) is 5.69 Å². The maximum Gasteiger partial charge on any atom is 0.326 e. The lowest BCUT2D eigenvalue weighted by atomic mass is 9.92. The third kappa shape index (κ3) is 2.71. The summed E-state index contributed by atoms with van der Waals surface area (Å²) in [6.45, 7) is 4.17. The molecule has 20 heavy (non-hydrogen) atoms. The van der Waals surface area contributed by atoms with E-state index in [1.165, 1.54) is 12.3 Å². The molecule has 0 radical (unpaired) electrons. The van der Waals surface area contributed by atoms with Crippen LogP contribution in [0, 0.1) is 23.0 Å². The number of carboxylic acids is 1. The van der Waals surface area contributed by atoms with Crippen LogP contribution in [-0.2, 0) is 4.79 Å². The van der Waals surface area contributed by atoms with E-state index in [2.05, 4.69) is 4.98 Å². The topological polar surface area (TPSA) is 96.6 Å². The minimum atomic E-state index is -0.915. The number of carboxylic acid groups (broad SMARTS) is 1. The van der Waals surface area contributed by atoms with Crippen molar-refractivity contribution in [3.63, 3.8) is 0 Å². The third-order valence-corrected chi connectivity index (χ3v) is 3.70. The summed E-state index contributed by atoms with van der Waals surface area (Å²) >= 11 is 0. The molecule has 1 aromatic rings. The Morgan fingerprint density at radius 1 is 1.60 bits per heavy atom. The molecule has 1 aliphatic heterocycles. The summed E-state index contributed by atoms with van der Waals surface area (Å²) in [5.74, 6) is -0.226.